The fraction of sp³-hybridized carbons (Fsp3) is 0.667. The molecule has 0 amide bonds. The Kier molecular flexibility index (Phi) is 5.52. The number of carbonyl (C=O) groups excluding carboxylic acids is 3. The first-order valence-corrected chi connectivity index (χ1v) is 4.35. The van der Waals surface area contributed by atoms with E-state index in [4.69, 9.17) is 0 Å². The third-order valence-corrected chi connectivity index (χ3v) is 1.60. The molecule has 0 N–H and O–H groups in total. The van der Waals surface area contributed by atoms with Crippen molar-refractivity contribution in [3.63, 3.8) is 0 Å². The molecular weight excluding hydrogens is 188 g/mol. The fourth-order valence-corrected chi connectivity index (χ4v) is 0.909. The lowest BCUT2D eigenvalue weighted by Crippen LogP contribution is -2.20. The Morgan fingerprint density at radius 1 is 1.14 bits per heavy atom. The second kappa shape index (κ2) is 6.12. The number of carbonyl (C=O) groups is 3. The second-order valence-electron chi connectivity index (χ2n) is 2.99. The van der Waals surface area contributed by atoms with Crippen molar-refractivity contribution in [1.29, 1.82) is 0 Å². The van der Waals surface area contributed by atoms with Crippen molar-refractivity contribution >= 4 is 17.7 Å². The topological polar surface area (TPSA) is 69.7 Å². The first-order valence-electron chi connectivity index (χ1n) is 4.35. The van der Waals surface area contributed by atoms with Gasteiger partial charge in [-0.25, -0.2) is 19.4 Å². The summed E-state index contributed by atoms with van der Waals surface area (Å²) in [5.74, 6) is -2.02. The summed E-state index contributed by atoms with van der Waals surface area (Å²) >= 11 is 0. The van der Waals surface area contributed by atoms with Crippen LogP contribution in [0.25, 0.3) is 0 Å². The first kappa shape index (κ1) is 12.6. The standard InChI is InChI=1S/C9H14O5/c1-4-8(5-6(2)10)9(12)14-13-7(3)11/h8H,4-5H2,1-3H3. The largest absolute Gasteiger partial charge is 0.359 e. The predicted molar refractivity (Wildman–Crippen MR) is 46.9 cm³/mol. The van der Waals surface area contributed by atoms with E-state index in [1.165, 1.54) is 6.92 Å². The van der Waals surface area contributed by atoms with Crippen LogP contribution in [0.4, 0.5) is 0 Å². The van der Waals surface area contributed by atoms with Crippen LogP contribution in [0.5, 0.6) is 0 Å². The van der Waals surface area contributed by atoms with Crippen molar-refractivity contribution in [1.82, 2.24) is 0 Å². The summed E-state index contributed by atoms with van der Waals surface area (Å²) < 4.78 is 0. The zero-order chi connectivity index (χ0) is 11.1. The van der Waals surface area contributed by atoms with E-state index in [1.54, 1.807) is 6.92 Å². The highest BCUT2D eigenvalue weighted by molar-refractivity contribution is 5.82. The van der Waals surface area contributed by atoms with E-state index >= 15 is 0 Å². The molecular formula is C9H14O5. The lowest BCUT2D eigenvalue weighted by atomic mass is 10.0. The van der Waals surface area contributed by atoms with E-state index in [1.807, 2.05) is 0 Å². The lowest BCUT2D eigenvalue weighted by molar-refractivity contribution is -0.260. The summed E-state index contributed by atoms with van der Waals surface area (Å²) in [7, 11) is 0. The zero-order valence-corrected chi connectivity index (χ0v) is 8.53. The van der Waals surface area contributed by atoms with E-state index < -0.39 is 17.9 Å². The van der Waals surface area contributed by atoms with E-state index in [2.05, 4.69) is 9.78 Å². The van der Waals surface area contributed by atoms with Crippen LogP contribution < -0.4 is 0 Å². The highest BCUT2D eigenvalue weighted by atomic mass is 17.2. The quantitative estimate of drug-likeness (QED) is 0.502. The summed E-state index contributed by atoms with van der Waals surface area (Å²) in [5, 5.41) is 0. The van der Waals surface area contributed by atoms with E-state index in [0.717, 1.165) is 6.92 Å². The molecule has 0 bridgehead atoms. The zero-order valence-electron chi connectivity index (χ0n) is 8.53. The van der Waals surface area contributed by atoms with Gasteiger partial charge in [0.15, 0.2) is 0 Å². The van der Waals surface area contributed by atoms with Crippen molar-refractivity contribution in [2.75, 3.05) is 0 Å². The van der Waals surface area contributed by atoms with Crippen LogP contribution in [0.3, 0.4) is 0 Å². The van der Waals surface area contributed by atoms with Gasteiger partial charge in [-0.15, -0.1) is 0 Å². The number of rotatable bonds is 4. The second-order valence-corrected chi connectivity index (χ2v) is 2.99. The van der Waals surface area contributed by atoms with Crippen molar-refractivity contribution in [2.24, 2.45) is 5.92 Å². The molecule has 0 aromatic rings. The maximum atomic E-state index is 11.2. The molecule has 0 aromatic carbocycles. The molecule has 5 nitrogen and oxygen atoms in total. The van der Waals surface area contributed by atoms with Gasteiger partial charge >= 0.3 is 11.9 Å². The molecule has 0 aliphatic rings. The summed E-state index contributed by atoms with van der Waals surface area (Å²) in [6.45, 7) is 4.27. The monoisotopic (exact) mass is 202 g/mol. The molecule has 0 saturated carbocycles. The molecule has 0 rings (SSSR count). The molecule has 0 aromatic heterocycles. The summed E-state index contributed by atoms with van der Waals surface area (Å²) in [5.41, 5.74) is 0. The minimum Gasteiger partial charge on any atom is -0.300 e. The summed E-state index contributed by atoms with van der Waals surface area (Å²) in [6, 6.07) is 0. The normalized spacial score (nSPS) is 11.6. The van der Waals surface area contributed by atoms with Gasteiger partial charge in [0.05, 0.1) is 5.92 Å². The van der Waals surface area contributed by atoms with Gasteiger partial charge in [-0.3, -0.25) is 0 Å². The number of ketones is 1. The van der Waals surface area contributed by atoms with Gasteiger partial charge in [-0.2, -0.15) is 0 Å². The van der Waals surface area contributed by atoms with Crippen molar-refractivity contribution in [2.45, 2.75) is 33.6 Å². The molecule has 14 heavy (non-hydrogen) atoms. The minimum atomic E-state index is -0.698. The third-order valence-electron chi connectivity index (χ3n) is 1.60. The van der Waals surface area contributed by atoms with Crippen LogP contribution in [-0.2, 0) is 24.2 Å². The van der Waals surface area contributed by atoms with Gasteiger partial charge < -0.3 is 4.79 Å². The van der Waals surface area contributed by atoms with Crippen molar-refractivity contribution in [3.05, 3.63) is 0 Å². The molecule has 5 heteroatoms. The summed E-state index contributed by atoms with van der Waals surface area (Å²) in [4.78, 5) is 40.5. The highest BCUT2D eigenvalue weighted by Crippen LogP contribution is 2.11. The number of hydrogen-bond donors (Lipinski definition) is 0. The van der Waals surface area contributed by atoms with Gasteiger partial charge in [0.1, 0.15) is 5.78 Å². The van der Waals surface area contributed by atoms with Crippen LogP contribution in [0, 0.1) is 5.92 Å². The van der Waals surface area contributed by atoms with Gasteiger partial charge in [-0.1, -0.05) is 6.92 Å². The molecule has 0 fully saturated rings. The maximum Gasteiger partial charge on any atom is 0.359 e. The van der Waals surface area contributed by atoms with Crippen molar-refractivity contribution in [3.8, 4) is 0 Å². The maximum absolute atomic E-state index is 11.2. The Hall–Kier alpha value is -1.39. The van der Waals surface area contributed by atoms with Crippen LogP contribution >= 0.6 is 0 Å². The van der Waals surface area contributed by atoms with Crippen LogP contribution in [-0.4, -0.2) is 17.7 Å². The third kappa shape index (κ3) is 5.29. The minimum absolute atomic E-state index is 0.100. The molecule has 0 aliphatic heterocycles. The SMILES string of the molecule is CCC(CC(C)=O)C(=O)OOC(C)=O. The Balaban J connectivity index is 4.04. The van der Waals surface area contributed by atoms with Crippen LogP contribution in [0.1, 0.15) is 33.6 Å². The molecule has 0 radical (unpaired) electrons. The Morgan fingerprint density at radius 2 is 1.71 bits per heavy atom. The smallest absolute Gasteiger partial charge is 0.300 e. The molecule has 0 aliphatic carbocycles. The number of Topliss-reactive ketones (excluding diaryl/α,β-unsaturated/α-hetero) is 1. The molecule has 1 atom stereocenters. The van der Waals surface area contributed by atoms with Gasteiger partial charge in [0, 0.05) is 13.3 Å². The molecule has 0 heterocycles. The Morgan fingerprint density at radius 3 is 2.07 bits per heavy atom. The highest BCUT2D eigenvalue weighted by Gasteiger charge is 2.21. The van der Waals surface area contributed by atoms with Crippen LogP contribution in [0.2, 0.25) is 0 Å². The molecule has 80 valence electrons. The molecule has 1 unspecified atom stereocenters. The van der Waals surface area contributed by atoms with Gasteiger partial charge in [-0.05, 0) is 13.3 Å². The van der Waals surface area contributed by atoms with E-state index in [-0.39, 0.29) is 12.2 Å². The van der Waals surface area contributed by atoms with Gasteiger partial charge in [0.25, 0.3) is 0 Å². The average molecular weight is 202 g/mol. The van der Waals surface area contributed by atoms with E-state index in [9.17, 15) is 14.4 Å². The Bertz CT molecular complexity index is 233. The van der Waals surface area contributed by atoms with E-state index in [0.29, 0.717) is 6.42 Å². The lowest BCUT2D eigenvalue weighted by Gasteiger charge is -2.09. The fourth-order valence-electron chi connectivity index (χ4n) is 0.909. The van der Waals surface area contributed by atoms with Crippen LogP contribution in [0.15, 0.2) is 0 Å². The molecule has 0 spiro atoms. The first-order chi connectivity index (χ1) is 6.47. The molecule has 0 saturated heterocycles. The van der Waals surface area contributed by atoms with Crippen molar-refractivity contribution < 1.29 is 24.2 Å². The predicted octanol–water partition coefficient (Wildman–Crippen LogP) is 1.01. The van der Waals surface area contributed by atoms with Gasteiger partial charge in [0.2, 0.25) is 0 Å². The summed E-state index contributed by atoms with van der Waals surface area (Å²) in [6.07, 6.45) is 0.580. The average Bonchev–Trinajstić information content (AvgIpc) is 2.09. The Labute approximate surface area is 82.3 Å². The number of hydrogen-bond acceptors (Lipinski definition) is 5.